The van der Waals surface area contributed by atoms with Gasteiger partial charge < -0.3 is 9.88 Å². The van der Waals surface area contributed by atoms with Crippen molar-refractivity contribution in [3.05, 3.63) is 64.2 Å². The first-order valence-electron chi connectivity index (χ1n) is 9.21. The molecule has 0 spiro atoms. The fourth-order valence-corrected chi connectivity index (χ4v) is 5.23. The number of fused-ring (bicyclic) bond motifs is 1. The summed E-state index contributed by atoms with van der Waals surface area (Å²) in [4.78, 5) is 31.2. The van der Waals surface area contributed by atoms with E-state index in [9.17, 15) is 4.79 Å². The van der Waals surface area contributed by atoms with Gasteiger partial charge in [-0.05, 0) is 11.6 Å². The number of rotatable bonds is 4. The van der Waals surface area contributed by atoms with Crippen molar-refractivity contribution in [2.75, 3.05) is 31.1 Å². The molecule has 4 aromatic rings. The second kappa shape index (κ2) is 7.46. The van der Waals surface area contributed by atoms with E-state index in [-0.39, 0.29) is 5.56 Å². The van der Waals surface area contributed by atoms with Crippen molar-refractivity contribution in [2.24, 2.45) is 0 Å². The largest absolute Gasteiger partial charge is 0.346 e. The van der Waals surface area contributed by atoms with Crippen LogP contribution >= 0.6 is 22.7 Å². The van der Waals surface area contributed by atoms with Crippen LogP contribution in [-0.2, 0) is 6.54 Å². The third kappa shape index (κ3) is 3.46. The standard InChI is InChI=1S/C20H19N5OS2/c26-18-15-12-16(14-4-2-1-3-5-14)28-19(15)23-17(22-18)13-24-7-9-25(10-8-24)20-21-6-11-27-20/h1-6,11-12H,7-10,13H2,(H,22,23,26). The fourth-order valence-electron chi connectivity index (χ4n) is 3.48. The third-order valence-corrected chi connectivity index (χ3v) is 6.86. The number of nitrogens with one attached hydrogen (secondary N) is 1. The molecular weight excluding hydrogens is 390 g/mol. The van der Waals surface area contributed by atoms with Crippen LogP contribution < -0.4 is 10.5 Å². The molecule has 0 saturated carbocycles. The smallest absolute Gasteiger partial charge is 0.259 e. The van der Waals surface area contributed by atoms with E-state index in [4.69, 9.17) is 4.98 Å². The number of hydrogen-bond donors (Lipinski definition) is 1. The van der Waals surface area contributed by atoms with Gasteiger partial charge in [0.15, 0.2) is 5.13 Å². The number of aromatic amines is 1. The Morgan fingerprint density at radius 1 is 1.11 bits per heavy atom. The Morgan fingerprint density at radius 3 is 2.68 bits per heavy atom. The summed E-state index contributed by atoms with van der Waals surface area (Å²) in [7, 11) is 0. The summed E-state index contributed by atoms with van der Waals surface area (Å²) in [6.45, 7) is 4.41. The topological polar surface area (TPSA) is 65.1 Å². The minimum Gasteiger partial charge on any atom is -0.346 e. The number of thiophene rings is 1. The summed E-state index contributed by atoms with van der Waals surface area (Å²) in [5.74, 6) is 0.738. The molecule has 0 bridgehead atoms. The number of thiazole rings is 1. The summed E-state index contributed by atoms with van der Waals surface area (Å²) in [6.07, 6.45) is 1.85. The molecule has 1 N–H and O–H groups in total. The van der Waals surface area contributed by atoms with Crippen LogP contribution in [0.25, 0.3) is 20.7 Å². The molecule has 0 unspecified atom stereocenters. The number of H-pyrrole nitrogens is 1. The minimum absolute atomic E-state index is 0.0557. The highest BCUT2D eigenvalue weighted by atomic mass is 32.1. The highest BCUT2D eigenvalue weighted by Crippen LogP contribution is 2.30. The van der Waals surface area contributed by atoms with Gasteiger partial charge in [0.05, 0.1) is 11.9 Å². The van der Waals surface area contributed by atoms with Crippen LogP contribution in [0.3, 0.4) is 0 Å². The van der Waals surface area contributed by atoms with Gasteiger partial charge in [0.25, 0.3) is 5.56 Å². The highest BCUT2D eigenvalue weighted by molar-refractivity contribution is 7.21. The van der Waals surface area contributed by atoms with E-state index in [2.05, 4.69) is 31.9 Å². The lowest BCUT2D eigenvalue weighted by atomic mass is 10.2. The number of benzene rings is 1. The average molecular weight is 410 g/mol. The minimum atomic E-state index is -0.0557. The molecule has 0 amide bonds. The molecule has 1 saturated heterocycles. The van der Waals surface area contributed by atoms with Crippen molar-refractivity contribution in [2.45, 2.75) is 6.54 Å². The first-order valence-corrected chi connectivity index (χ1v) is 10.9. The molecule has 1 aliphatic rings. The van der Waals surface area contributed by atoms with Gasteiger partial charge in [-0.15, -0.1) is 22.7 Å². The van der Waals surface area contributed by atoms with Gasteiger partial charge in [-0.2, -0.15) is 0 Å². The Morgan fingerprint density at radius 2 is 1.93 bits per heavy atom. The predicted molar refractivity (Wildman–Crippen MR) is 115 cm³/mol. The Hall–Kier alpha value is -2.55. The Labute approximate surface area is 170 Å². The van der Waals surface area contributed by atoms with Crippen molar-refractivity contribution < 1.29 is 0 Å². The number of piperazine rings is 1. The van der Waals surface area contributed by atoms with E-state index in [1.54, 1.807) is 22.7 Å². The van der Waals surface area contributed by atoms with E-state index in [1.807, 2.05) is 35.8 Å². The molecule has 142 valence electrons. The van der Waals surface area contributed by atoms with Crippen molar-refractivity contribution in [1.82, 2.24) is 19.9 Å². The van der Waals surface area contributed by atoms with Gasteiger partial charge in [0, 0.05) is 42.6 Å². The Kier molecular flexibility index (Phi) is 4.67. The van der Waals surface area contributed by atoms with Gasteiger partial charge in [-0.25, -0.2) is 9.97 Å². The van der Waals surface area contributed by atoms with E-state index in [1.165, 1.54) is 0 Å². The second-order valence-corrected chi connectivity index (χ2v) is 8.69. The van der Waals surface area contributed by atoms with Crippen LogP contribution in [0.1, 0.15) is 5.82 Å². The third-order valence-electron chi connectivity index (χ3n) is 4.95. The van der Waals surface area contributed by atoms with Crippen LogP contribution in [0, 0.1) is 0 Å². The second-order valence-electron chi connectivity index (χ2n) is 6.79. The van der Waals surface area contributed by atoms with Crippen LogP contribution in [0.15, 0.2) is 52.8 Å². The Bertz CT molecular complexity index is 1130. The summed E-state index contributed by atoms with van der Waals surface area (Å²) >= 11 is 3.25. The normalized spacial score (nSPS) is 15.4. The zero-order valence-corrected chi connectivity index (χ0v) is 16.8. The molecule has 4 heterocycles. The van der Waals surface area contributed by atoms with Gasteiger partial charge >= 0.3 is 0 Å². The quantitative estimate of drug-likeness (QED) is 0.559. The number of hydrogen-bond acceptors (Lipinski definition) is 7. The average Bonchev–Trinajstić information content (AvgIpc) is 3.40. The highest BCUT2D eigenvalue weighted by Gasteiger charge is 2.20. The maximum absolute atomic E-state index is 12.6. The number of nitrogens with zero attached hydrogens (tertiary/aromatic N) is 4. The van der Waals surface area contributed by atoms with E-state index < -0.39 is 0 Å². The zero-order valence-electron chi connectivity index (χ0n) is 15.2. The first kappa shape index (κ1) is 17.5. The fraction of sp³-hybridized carbons (Fsp3) is 0.250. The van der Waals surface area contributed by atoms with Crippen LogP contribution in [0.4, 0.5) is 5.13 Å². The van der Waals surface area contributed by atoms with Crippen LogP contribution in [-0.4, -0.2) is 46.0 Å². The van der Waals surface area contributed by atoms with E-state index in [0.717, 1.165) is 52.4 Å². The van der Waals surface area contributed by atoms with Crippen LogP contribution in [0.2, 0.25) is 0 Å². The molecule has 0 atom stereocenters. The molecule has 28 heavy (non-hydrogen) atoms. The number of anilines is 1. The first-order chi connectivity index (χ1) is 13.8. The SMILES string of the molecule is O=c1[nH]c(CN2CCN(c3nccs3)CC2)nc2sc(-c3ccccc3)cc12. The van der Waals surface area contributed by atoms with Crippen LogP contribution in [0.5, 0.6) is 0 Å². The lowest BCUT2D eigenvalue weighted by Crippen LogP contribution is -2.46. The molecule has 1 fully saturated rings. The molecule has 3 aromatic heterocycles. The molecule has 8 heteroatoms. The molecule has 0 radical (unpaired) electrons. The van der Waals surface area contributed by atoms with Gasteiger partial charge in [0.2, 0.25) is 0 Å². The molecule has 6 nitrogen and oxygen atoms in total. The molecule has 5 rings (SSSR count). The Balaban J connectivity index is 1.33. The van der Waals surface area contributed by atoms with Crippen molar-refractivity contribution in [3.8, 4) is 10.4 Å². The predicted octanol–water partition coefficient (Wildman–Crippen LogP) is 3.43. The summed E-state index contributed by atoms with van der Waals surface area (Å²) < 4.78 is 0. The van der Waals surface area contributed by atoms with E-state index in [0.29, 0.717) is 11.9 Å². The monoisotopic (exact) mass is 409 g/mol. The maximum atomic E-state index is 12.6. The van der Waals surface area contributed by atoms with Gasteiger partial charge in [-0.3, -0.25) is 9.69 Å². The van der Waals surface area contributed by atoms with Crippen molar-refractivity contribution in [3.63, 3.8) is 0 Å². The van der Waals surface area contributed by atoms with Gasteiger partial charge in [-0.1, -0.05) is 30.3 Å². The summed E-state index contributed by atoms with van der Waals surface area (Å²) in [5, 5.41) is 3.76. The molecule has 0 aliphatic carbocycles. The number of aromatic nitrogens is 3. The lowest BCUT2D eigenvalue weighted by molar-refractivity contribution is 0.244. The maximum Gasteiger partial charge on any atom is 0.259 e. The summed E-state index contributed by atoms with van der Waals surface area (Å²) in [6, 6.07) is 12.1. The molecule has 1 aromatic carbocycles. The van der Waals surface area contributed by atoms with Crippen molar-refractivity contribution in [1.29, 1.82) is 0 Å². The lowest BCUT2D eigenvalue weighted by Gasteiger charge is -2.34. The molecular formula is C20H19N5OS2. The zero-order chi connectivity index (χ0) is 18.9. The van der Waals surface area contributed by atoms with Crippen molar-refractivity contribution >= 4 is 38.0 Å². The van der Waals surface area contributed by atoms with E-state index >= 15 is 0 Å². The molecule has 1 aliphatic heterocycles. The van der Waals surface area contributed by atoms with Gasteiger partial charge in [0.1, 0.15) is 10.7 Å². The summed E-state index contributed by atoms with van der Waals surface area (Å²) in [5.41, 5.74) is 1.06.